The van der Waals surface area contributed by atoms with Gasteiger partial charge in [0, 0.05) is 12.1 Å². The van der Waals surface area contributed by atoms with Gasteiger partial charge in [-0.1, -0.05) is 51.9 Å². The molecule has 96 valence electrons. The fraction of sp³-hybridized carbons (Fsp3) is 1.00. The molecule has 1 atom stereocenters. The molecule has 2 heteroatoms. The second-order valence-corrected chi connectivity index (χ2v) is 5.23. The van der Waals surface area contributed by atoms with Crippen LogP contribution in [0.25, 0.3) is 0 Å². The van der Waals surface area contributed by atoms with Gasteiger partial charge in [0.15, 0.2) is 0 Å². The number of aliphatic hydroxyl groups is 1. The molecule has 1 unspecified atom stereocenters. The maximum Gasteiger partial charge on any atom is 0.0584 e. The Hall–Kier alpha value is -0.0800. The van der Waals surface area contributed by atoms with Gasteiger partial charge < -0.3 is 10.4 Å². The molecule has 0 saturated heterocycles. The first-order chi connectivity index (χ1) is 7.86. The molecule has 2 nitrogen and oxygen atoms in total. The number of rotatable bonds is 9. The third kappa shape index (κ3) is 5.86. The van der Waals surface area contributed by atoms with Crippen LogP contribution >= 0.6 is 0 Å². The Morgan fingerprint density at radius 2 is 1.81 bits per heavy atom. The molecule has 2 N–H and O–H groups in total. The Bertz CT molecular complexity index is 155. The van der Waals surface area contributed by atoms with Crippen molar-refractivity contribution in [3.63, 3.8) is 0 Å². The third-order valence-electron chi connectivity index (χ3n) is 3.70. The zero-order chi connectivity index (χ0) is 11.6. The molecule has 0 spiro atoms. The van der Waals surface area contributed by atoms with Gasteiger partial charge in [-0.05, 0) is 19.3 Å². The quantitative estimate of drug-likeness (QED) is 0.593. The van der Waals surface area contributed by atoms with E-state index in [1.54, 1.807) is 0 Å². The summed E-state index contributed by atoms with van der Waals surface area (Å²) in [4.78, 5) is 0. The SMILES string of the molecule is CCCCCCCC(CO)NC1CCCC1. The van der Waals surface area contributed by atoms with Crippen LogP contribution in [0.1, 0.15) is 71.1 Å². The van der Waals surface area contributed by atoms with Crippen LogP contribution in [0.3, 0.4) is 0 Å². The van der Waals surface area contributed by atoms with Crippen molar-refractivity contribution in [2.24, 2.45) is 0 Å². The molecule has 1 saturated carbocycles. The molecule has 1 aliphatic rings. The lowest BCUT2D eigenvalue weighted by Gasteiger charge is -2.21. The molecule has 0 aromatic heterocycles. The Morgan fingerprint density at radius 1 is 1.12 bits per heavy atom. The van der Waals surface area contributed by atoms with Crippen molar-refractivity contribution in [3.8, 4) is 0 Å². The molecule has 0 aromatic rings. The molecule has 0 bridgehead atoms. The molecule has 0 radical (unpaired) electrons. The molecule has 0 amide bonds. The van der Waals surface area contributed by atoms with Crippen LogP contribution in [0.4, 0.5) is 0 Å². The summed E-state index contributed by atoms with van der Waals surface area (Å²) in [6, 6.07) is 1.04. The van der Waals surface area contributed by atoms with E-state index in [-0.39, 0.29) is 0 Å². The number of aliphatic hydroxyl groups excluding tert-OH is 1. The summed E-state index contributed by atoms with van der Waals surface area (Å²) in [7, 11) is 0. The molecule has 1 rings (SSSR count). The number of nitrogens with one attached hydrogen (secondary N) is 1. The number of hydrogen-bond donors (Lipinski definition) is 2. The third-order valence-corrected chi connectivity index (χ3v) is 3.70. The second-order valence-electron chi connectivity index (χ2n) is 5.23. The zero-order valence-electron chi connectivity index (χ0n) is 10.9. The van der Waals surface area contributed by atoms with E-state index in [1.807, 2.05) is 0 Å². The summed E-state index contributed by atoms with van der Waals surface area (Å²) in [5.74, 6) is 0. The van der Waals surface area contributed by atoms with Crippen molar-refractivity contribution in [3.05, 3.63) is 0 Å². The van der Waals surface area contributed by atoms with Crippen LogP contribution in [0.5, 0.6) is 0 Å². The van der Waals surface area contributed by atoms with Crippen LogP contribution in [0.15, 0.2) is 0 Å². The van der Waals surface area contributed by atoms with Gasteiger partial charge in [-0.25, -0.2) is 0 Å². The van der Waals surface area contributed by atoms with Gasteiger partial charge in [0.1, 0.15) is 0 Å². The van der Waals surface area contributed by atoms with Gasteiger partial charge in [0.05, 0.1) is 6.61 Å². The molecule has 1 aliphatic carbocycles. The smallest absolute Gasteiger partial charge is 0.0584 e. The Kier molecular flexibility index (Phi) is 7.87. The Balaban J connectivity index is 2.01. The normalized spacial score (nSPS) is 19.1. The molecular formula is C14H29NO. The van der Waals surface area contributed by atoms with Gasteiger partial charge in [0.2, 0.25) is 0 Å². The maximum absolute atomic E-state index is 9.33. The summed E-state index contributed by atoms with van der Waals surface area (Å²) in [5.41, 5.74) is 0. The standard InChI is InChI=1S/C14H29NO/c1-2-3-4-5-6-11-14(12-16)15-13-9-7-8-10-13/h13-16H,2-12H2,1H3. The van der Waals surface area contributed by atoms with E-state index in [4.69, 9.17) is 0 Å². The fourth-order valence-electron chi connectivity index (χ4n) is 2.65. The largest absolute Gasteiger partial charge is 0.395 e. The molecule has 0 heterocycles. The van der Waals surface area contributed by atoms with Gasteiger partial charge >= 0.3 is 0 Å². The molecule has 16 heavy (non-hydrogen) atoms. The minimum atomic E-state index is 0.310. The van der Waals surface area contributed by atoms with Crippen molar-refractivity contribution in [2.45, 2.75) is 83.2 Å². The van der Waals surface area contributed by atoms with Crippen molar-refractivity contribution >= 4 is 0 Å². The van der Waals surface area contributed by atoms with Crippen molar-refractivity contribution in [2.75, 3.05) is 6.61 Å². The summed E-state index contributed by atoms with van der Waals surface area (Å²) >= 11 is 0. The minimum Gasteiger partial charge on any atom is -0.395 e. The first-order valence-electron chi connectivity index (χ1n) is 7.23. The van der Waals surface area contributed by atoms with E-state index >= 15 is 0 Å². The first kappa shape index (κ1) is 14.0. The van der Waals surface area contributed by atoms with Gasteiger partial charge in [-0.15, -0.1) is 0 Å². The Labute approximate surface area is 101 Å². The van der Waals surface area contributed by atoms with Gasteiger partial charge in [0.25, 0.3) is 0 Å². The van der Waals surface area contributed by atoms with E-state index < -0.39 is 0 Å². The summed E-state index contributed by atoms with van der Waals surface area (Å²) in [6.45, 7) is 2.56. The lowest BCUT2D eigenvalue weighted by molar-refractivity contribution is 0.221. The lowest BCUT2D eigenvalue weighted by Crippen LogP contribution is -2.39. The molecule has 0 aliphatic heterocycles. The molecular weight excluding hydrogens is 198 g/mol. The average Bonchev–Trinajstić information content (AvgIpc) is 2.80. The van der Waals surface area contributed by atoms with Crippen molar-refractivity contribution < 1.29 is 5.11 Å². The first-order valence-corrected chi connectivity index (χ1v) is 7.23. The number of hydrogen-bond acceptors (Lipinski definition) is 2. The lowest BCUT2D eigenvalue weighted by atomic mass is 10.1. The Morgan fingerprint density at radius 3 is 2.44 bits per heavy atom. The van der Waals surface area contributed by atoms with Gasteiger partial charge in [-0.3, -0.25) is 0 Å². The summed E-state index contributed by atoms with van der Waals surface area (Å²) < 4.78 is 0. The van der Waals surface area contributed by atoms with Crippen LogP contribution in [-0.4, -0.2) is 23.8 Å². The average molecular weight is 227 g/mol. The number of unbranched alkanes of at least 4 members (excludes halogenated alkanes) is 4. The van der Waals surface area contributed by atoms with E-state index in [1.165, 1.54) is 57.8 Å². The van der Waals surface area contributed by atoms with E-state index in [9.17, 15) is 5.11 Å². The predicted molar refractivity (Wildman–Crippen MR) is 69.6 cm³/mol. The van der Waals surface area contributed by atoms with Gasteiger partial charge in [-0.2, -0.15) is 0 Å². The maximum atomic E-state index is 9.33. The van der Waals surface area contributed by atoms with Crippen LogP contribution in [0.2, 0.25) is 0 Å². The van der Waals surface area contributed by atoms with Crippen LogP contribution < -0.4 is 5.32 Å². The van der Waals surface area contributed by atoms with Crippen molar-refractivity contribution in [1.29, 1.82) is 0 Å². The monoisotopic (exact) mass is 227 g/mol. The molecule has 0 aromatic carbocycles. The van der Waals surface area contributed by atoms with Crippen LogP contribution in [-0.2, 0) is 0 Å². The molecule has 1 fully saturated rings. The summed E-state index contributed by atoms with van der Waals surface area (Å²) in [6.07, 6.45) is 13.1. The van der Waals surface area contributed by atoms with E-state index in [0.29, 0.717) is 18.7 Å². The minimum absolute atomic E-state index is 0.310. The highest BCUT2D eigenvalue weighted by Gasteiger charge is 2.18. The fourth-order valence-corrected chi connectivity index (χ4v) is 2.65. The van der Waals surface area contributed by atoms with Crippen LogP contribution in [0, 0.1) is 0 Å². The van der Waals surface area contributed by atoms with E-state index in [2.05, 4.69) is 12.2 Å². The zero-order valence-corrected chi connectivity index (χ0v) is 10.9. The van der Waals surface area contributed by atoms with E-state index in [0.717, 1.165) is 6.42 Å². The second kappa shape index (κ2) is 9.00. The highest BCUT2D eigenvalue weighted by atomic mass is 16.3. The summed E-state index contributed by atoms with van der Waals surface area (Å²) in [5, 5.41) is 12.9. The van der Waals surface area contributed by atoms with Crippen molar-refractivity contribution in [1.82, 2.24) is 5.32 Å². The highest BCUT2D eigenvalue weighted by molar-refractivity contribution is 4.78. The topological polar surface area (TPSA) is 32.3 Å². The predicted octanol–water partition coefficient (Wildman–Crippen LogP) is 3.24. The highest BCUT2D eigenvalue weighted by Crippen LogP contribution is 2.19.